The van der Waals surface area contributed by atoms with Gasteiger partial charge in [-0.2, -0.15) is 0 Å². The maximum atomic E-state index is 8.56. The molecular formula is CH4CsIO3. The Bertz CT molecular complexity index is 37.9. The average molecular weight is 324 g/mol. The molecule has 0 atom stereocenters. The fourth-order valence-corrected chi connectivity index (χ4v) is 0. The molecule has 0 rings (SSSR count). The van der Waals surface area contributed by atoms with Gasteiger partial charge in [0.1, 0.15) is 0 Å². The van der Waals surface area contributed by atoms with E-state index in [0.29, 0.717) is 0 Å². The summed E-state index contributed by atoms with van der Waals surface area (Å²) in [6.07, 6.45) is -1.83. The van der Waals surface area contributed by atoms with E-state index >= 15 is 0 Å². The molecule has 0 radical (unpaired) electrons. The summed E-state index contributed by atoms with van der Waals surface area (Å²) in [6, 6.07) is 0. The smallest absolute Gasteiger partial charge is 1.00 e. The van der Waals surface area contributed by atoms with Gasteiger partial charge in [0.2, 0.25) is 0 Å². The van der Waals surface area contributed by atoms with Gasteiger partial charge in [-0.25, -0.2) is 4.79 Å². The molecule has 6 heavy (non-hydrogen) atoms. The molecular weight excluding hydrogens is 320 g/mol. The molecule has 3 nitrogen and oxygen atoms in total. The van der Waals surface area contributed by atoms with Crippen LogP contribution in [0.5, 0.6) is 0 Å². The number of rotatable bonds is 0. The van der Waals surface area contributed by atoms with Crippen LogP contribution in [0.15, 0.2) is 0 Å². The second kappa shape index (κ2) is 10.1. The fourth-order valence-electron chi connectivity index (χ4n) is 0. The van der Waals surface area contributed by atoms with Gasteiger partial charge in [0.25, 0.3) is 0 Å². The molecule has 0 heterocycles. The van der Waals surface area contributed by atoms with E-state index < -0.39 is 6.16 Å². The van der Waals surface area contributed by atoms with Crippen LogP contribution in [0.4, 0.5) is 4.79 Å². The minimum atomic E-state index is -1.83. The Balaban J connectivity index is -0.0000000150. The molecule has 0 aliphatic rings. The number of carbonyl (C=O) groups is 1. The number of halogens is 1. The summed E-state index contributed by atoms with van der Waals surface area (Å²) in [5.41, 5.74) is 0. The van der Waals surface area contributed by atoms with Crippen molar-refractivity contribution >= 4 is 30.1 Å². The maximum Gasteiger partial charge on any atom is 1.00 e. The summed E-state index contributed by atoms with van der Waals surface area (Å²) < 4.78 is 0. The topological polar surface area (TPSA) is 57.5 Å². The number of carboxylic acid groups (broad SMARTS) is 2. The van der Waals surface area contributed by atoms with Crippen molar-refractivity contribution in [3.8, 4) is 0 Å². The van der Waals surface area contributed by atoms with Gasteiger partial charge in [-0.1, -0.05) is 0 Å². The van der Waals surface area contributed by atoms with Gasteiger partial charge in [0.15, 0.2) is 0 Å². The minimum Gasteiger partial charge on any atom is -1.00 e. The SMILES string of the molecule is I.O=C(O)O.[Cs+].[H-]. The zero-order chi connectivity index (χ0) is 3.58. The second-order valence-corrected chi connectivity index (χ2v) is 0.283. The van der Waals surface area contributed by atoms with Gasteiger partial charge < -0.3 is 11.6 Å². The molecule has 34 valence electrons. The van der Waals surface area contributed by atoms with Crippen LogP contribution >= 0.6 is 24.0 Å². The van der Waals surface area contributed by atoms with E-state index in [1.165, 1.54) is 0 Å². The van der Waals surface area contributed by atoms with Gasteiger partial charge >= 0.3 is 75.0 Å². The first kappa shape index (κ1) is 15.7. The van der Waals surface area contributed by atoms with E-state index in [4.69, 9.17) is 15.0 Å². The molecule has 0 aliphatic carbocycles. The molecule has 5 heteroatoms. The Kier molecular flexibility index (Phi) is 26.5. The third-order valence-corrected chi connectivity index (χ3v) is 0. The van der Waals surface area contributed by atoms with Crippen LogP contribution in [0, 0.1) is 0 Å². The number of hydrogen-bond acceptors (Lipinski definition) is 1. The average Bonchev–Trinajstić information content (AvgIpc) is 0.811. The summed E-state index contributed by atoms with van der Waals surface area (Å²) in [7, 11) is 0. The molecule has 0 aromatic rings. The molecule has 0 saturated heterocycles. The van der Waals surface area contributed by atoms with Gasteiger partial charge in [0, 0.05) is 0 Å². The Morgan fingerprint density at radius 3 is 1.50 bits per heavy atom. The third kappa shape index (κ3) is 36.7. The first-order valence-electron chi connectivity index (χ1n) is 0.651. The van der Waals surface area contributed by atoms with E-state index in [-0.39, 0.29) is 94.3 Å². The van der Waals surface area contributed by atoms with Crippen molar-refractivity contribution in [2.75, 3.05) is 0 Å². The zero-order valence-corrected chi connectivity index (χ0v) is 11.8. The van der Waals surface area contributed by atoms with Crippen molar-refractivity contribution in [2.45, 2.75) is 0 Å². The van der Waals surface area contributed by atoms with E-state index in [1.54, 1.807) is 0 Å². The van der Waals surface area contributed by atoms with Crippen molar-refractivity contribution in [1.29, 1.82) is 0 Å². The van der Waals surface area contributed by atoms with E-state index in [0.717, 1.165) is 0 Å². The minimum absolute atomic E-state index is 0. The summed E-state index contributed by atoms with van der Waals surface area (Å²) in [6.45, 7) is 0. The molecule has 0 bridgehead atoms. The van der Waals surface area contributed by atoms with Crippen LogP contribution in [0.2, 0.25) is 0 Å². The normalized spacial score (nSPS) is 4.00. The zero-order valence-electron chi connectivity index (χ0n) is 4.21. The van der Waals surface area contributed by atoms with Crippen LogP contribution in [0.3, 0.4) is 0 Å². The van der Waals surface area contributed by atoms with Crippen molar-refractivity contribution in [2.24, 2.45) is 0 Å². The first-order chi connectivity index (χ1) is 1.73. The third-order valence-electron chi connectivity index (χ3n) is 0. The molecule has 0 aromatic heterocycles. The van der Waals surface area contributed by atoms with E-state index in [9.17, 15) is 0 Å². The molecule has 2 N–H and O–H groups in total. The standard InChI is InChI=1S/CH2O3.Cs.HI.H/c2-1(3)4;;;/h(H2,2,3,4);;1H;/q;+1;;-1. The molecule has 0 aliphatic heterocycles. The maximum absolute atomic E-state index is 8.56. The summed E-state index contributed by atoms with van der Waals surface area (Å²) in [5.74, 6) is 0. The van der Waals surface area contributed by atoms with Gasteiger partial charge in [-0.3, -0.25) is 0 Å². The summed E-state index contributed by atoms with van der Waals surface area (Å²) in [5, 5.41) is 13.9. The van der Waals surface area contributed by atoms with Crippen molar-refractivity contribution in [3.63, 3.8) is 0 Å². The Morgan fingerprint density at radius 2 is 1.50 bits per heavy atom. The predicted molar refractivity (Wildman–Crippen MR) is 27.2 cm³/mol. The first-order valence-corrected chi connectivity index (χ1v) is 0.651. The molecule has 0 aromatic carbocycles. The Morgan fingerprint density at radius 1 is 1.50 bits per heavy atom. The van der Waals surface area contributed by atoms with Crippen molar-refractivity contribution in [1.82, 2.24) is 0 Å². The van der Waals surface area contributed by atoms with Crippen molar-refractivity contribution < 1.29 is 85.3 Å². The van der Waals surface area contributed by atoms with Crippen LogP contribution in [0.25, 0.3) is 0 Å². The second-order valence-electron chi connectivity index (χ2n) is 0.283. The van der Waals surface area contributed by atoms with Crippen LogP contribution < -0.4 is 68.9 Å². The van der Waals surface area contributed by atoms with Crippen LogP contribution in [0.1, 0.15) is 1.43 Å². The van der Waals surface area contributed by atoms with Gasteiger partial charge in [-0.05, 0) is 0 Å². The van der Waals surface area contributed by atoms with E-state index in [2.05, 4.69) is 0 Å². The molecule has 0 spiro atoms. The Labute approximate surface area is 112 Å². The van der Waals surface area contributed by atoms with Gasteiger partial charge in [0.05, 0.1) is 0 Å². The molecule has 0 amide bonds. The van der Waals surface area contributed by atoms with Crippen LogP contribution in [-0.4, -0.2) is 16.4 Å². The molecule has 0 saturated carbocycles. The largest absolute Gasteiger partial charge is 1.00 e. The number of hydrogen-bond donors (Lipinski definition) is 2. The molecule has 0 unspecified atom stereocenters. The molecule has 0 fully saturated rings. The van der Waals surface area contributed by atoms with E-state index in [1.807, 2.05) is 0 Å². The van der Waals surface area contributed by atoms with Crippen molar-refractivity contribution in [3.05, 3.63) is 0 Å². The Hall–Kier alpha value is 2.05. The predicted octanol–water partition coefficient (Wildman–Crippen LogP) is -2.04. The monoisotopic (exact) mass is 324 g/mol. The quantitative estimate of drug-likeness (QED) is 0.505. The summed E-state index contributed by atoms with van der Waals surface area (Å²) >= 11 is 0. The van der Waals surface area contributed by atoms with Gasteiger partial charge in [-0.15, -0.1) is 24.0 Å². The van der Waals surface area contributed by atoms with Crippen LogP contribution in [-0.2, 0) is 0 Å². The fraction of sp³-hybridized carbons (Fsp3) is 0. The summed E-state index contributed by atoms with van der Waals surface area (Å²) in [4.78, 5) is 8.56.